The first-order chi connectivity index (χ1) is 13.8. The van der Waals surface area contributed by atoms with Gasteiger partial charge in [-0.3, -0.25) is 9.59 Å². The van der Waals surface area contributed by atoms with E-state index in [0.717, 1.165) is 11.1 Å². The van der Waals surface area contributed by atoms with Gasteiger partial charge in [-0.1, -0.05) is 53.5 Å². The number of carbonyl (C=O) groups excluding carboxylic acids is 2. The van der Waals surface area contributed by atoms with E-state index in [1.807, 2.05) is 19.9 Å². The van der Waals surface area contributed by atoms with Crippen LogP contribution in [0.4, 0.5) is 5.69 Å². The average molecular weight is 431 g/mol. The van der Waals surface area contributed by atoms with Crippen molar-refractivity contribution >= 4 is 40.6 Å². The highest BCUT2D eigenvalue weighted by Crippen LogP contribution is 2.24. The molecule has 0 bridgehead atoms. The summed E-state index contributed by atoms with van der Waals surface area (Å²) in [5.41, 5.74) is 3.64. The van der Waals surface area contributed by atoms with Gasteiger partial charge in [0.1, 0.15) is 0 Å². The zero-order valence-corrected chi connectivity index (χ0v) is 17.8. The van der Waals surface area contributed by atoms with Gasteiger partial charge < -0.3 is 5.32 Å². The van der Waals surface area contributed by atoms with E-state index in [0.29, 0.717) is 40.0 Å². The van der Waals surface area contributed by atoms with Crippen LogP contribution in [-0.2, 0) is 6.54 Å². The number of Topliss-reactive ketones (excluding diaryl/α,β-unsaturated/α-hetero) is 1. The SMILES string of the molecule is CCC(=O)c1cccc(NC(=O)c2nnn(Cc3ccc(Cl)c(Cl)c3)c2C)c1C. The molecule has 29 heavy (non-hydrogen) atoms. The molecule has 0 aliphatic rings. The van der Waals surface area contributed by atoms with E-state index in [9.17, 15) is 9.59 Å². The number of aromatic nitrogens is 3. The predicted octanol–water partition coefficient (Wildman–Crippen LogP) is 5.10. The fourth-order valence-corrected chi connectivity index (χ4v) is 3.30. The zero-order chi connectivity index (χ0) is 21.1. The third-order valence-electron chi connectivity index (χ3n) is 4.72. The summed E-state index contributed by atoms with van der Waals surface area (Å²) < 4.78 is 1.62. The Morgan fingerprint density at radius 2 is 1.86 bits per heavy atom. The highest BCUT2D eigenvalue weighted by Gasteiger charge is 2.19. The van der Waals surface area contributed by atoms with Gasteiger partial charge in [0.15, 0.2) is 11.5 Å². The second-order valence-electron chi connectivity index (χ2n) is 6.64. The molecule has 0 aliphatic carbocycles. The van der Waals surface area contributed by atoms with Gasteiger partial charge in [-0.05, 0) is 43.2 Å². The van der Waals surface area contributed by atoms with Crippen LogP contribution in [0.5, 0.6) is 0 Å². The van der Waals surface area contributed by atoms with Gasteiger partial charge in [-0.25, -0.2) is 4.68 Å². The normalized spacial score (nSPS) is 10.8. The number of benzene rings is 2. The Morgan fingerprint density at radius 1 is 1.10 bits per heavy atom. The maximum atomic E-state index is 12.8. The molecular formula is C21H20Cl2N4O2. The summed E-state index contributed by atoms with van der Waals surface area (Å²) >= 11 is 12.0. The number of hydrogen-bond acceptors (Lipinski definition) is 4. The number of hydrogen-bond donors (Lipinski definition) is 1. The van der Waals surface area contributed by atoms with Crippen molar-refractivity contribution in [2.75, 3.05) is 5.32 Å². The summed E-state index contributed by atoms with van der Waals surface area (Å²) in [6.45, 7) is 5.80. The molecule has 0 radical (unpaired) electrons. The van der Waals surface area contributed by atoms with Crippen LogP contribution in [0, 0.1) is 13.8 Å². The first-order valence-electron chi connectivity index (χ1n) is 9.10. The van der Waals surface area contributed by atoms with Crippen LogP contribution in [0.2, 0.25) is 10.0 Å². The minimum atomic E-state index is -0.382. The quantitative estimate of drug-likeness (QED) is 0.552. The number of carbonyl (C=O) groups is 2. The van der Waals surface area contributed by atoms with Crippen LogP contribution in [0.25, 0.3) is 0 Å². The summed E-state index contributed by atoms with van der Waals surface area (Å²) in [6, 6.07) is 10.6. The number of amides is 1. The minimum Gasteiger partial charge on any atom is -0.320 e. The summed E-state index contributed by atoms with van der Waals surface area (Å²) in [4.78, 5) is 24.8. The lowest BCUT2D eigenvalue weighted by atomic mass is 10.0. The molecule has 1 aromatic heterocycles. The topological polar surface area (TPSA) is 76.9 Å². The molecule has 6 nitrogen and oxygen atoms in total. The summed E-state index contributed by atoms with van der Waals surface area (Å²) in [7, 11) is 0. The Bertz CT molecular complexity index is 1090. The summed E-state index contributed by atoms with van der Waals surface area (Å²) in [5.74, 6) is -0.352. The van der Waals surface area contributed by atoms with E-state index in [1.165, 1.54) is 0 Å². The second-order valence-corrected chi connectivity index (χ2v) is 7.45. The first-order valence-corrected chi connectivity index (χ1v) is 9.85. The standard InChI is InChI=1S/C21H20Cl2N4O2/c1-4-19(28)15-6-5-7-18(12(15)2)24-21(29)20-13(3)27(26-25-20)11-14-8-9-16(22)17(23)10-14/h5-10H,4,11H2,1-3H3,(H,24,29). The fraction of sp³-hybridized carbons (Fsp3) is 0.238. The van der Waals surface area contributed by atoms with E-state index in [4.69, 9.17) is 23.2 Å². The minimum absolute atomic E-state index is 0.0300. The fourth-order valence-electron chi connectivity index (χ4n) is 2.98. The van der Waals surface area contributed by atoms with Crippen molar-refractivity contribution in [1.29, 1.82) is 0 Å². The van der Waals surface area contributed by atoms with Gasteiger partial charge in [0, 0.05) is 17.7 Å². The van der Waals surface area contributed by atoms with Crippen molar-refractivity contribution in [3.8, 4) is 0 Å². The number of ketones is 1. The van der Waals surface area contributed by atoms with Crippen LogP contribution in [-0.4, -0.2) is 26.7 Å². The molecule has 1 N–H and O–H groups in total. The monoisotopic (exact) mass is 430 g/mol. The van der Waals surface area contributed by atoms with Crippen LogP contribution in [0.1, 0.15) is 51.0 Å². The van der Waals surface area contributed by atoms with Gasteiger partial charge in [-0.15, -0.1) is 5.10 Å². The molecule has 3 rings (SSSR count). The molecule has 0 atom stereocenters. The molecule has 1 amide bonds. The lowest BCUT2D eigenvalue weighted by Crippen LogP contribution is -2.16. The van der Waals surface area contributed by atoms with Gasteiger partial charge in [0.25, 0.3) is 5.91 Å². The molecule has 2 aromatic carbocycles. The summed E-state index contributed by atoms with van der Waals surface area (Å²) in [5, 5.41) is 11.9. The largest absolute Gasteiger partial charge is 0.320 e. The lowest BCUT2D eigenvalue weighted by molar-refractivity contribution is 0.0984. The maximum absolute atomic E-state index is 12.8. The van der Waals surface area contributed by atoms with Gasteiger partial charge in [-0.2, -0.15) is 0 Å². The van der Waals surface area contributed by atoms with E-state index in [-0.39, 0.29) is 17.4 Å². The lowest BCUT2D eigenvalue weighted by Gasteiger charge is -2.11. The molecule has 0 saturated carbocycles. The molecule has 1 heterocycles. The van der Waals surface area contributed by atoms with Gasteiger partial charge in [0.2, 0.25) is 0 Å². The van der Waals surface area contributed by atoms with E-state index >= 15 is 0 Å². The molecule has 8 heteroatoms. The number of anilines is 1. The summed E-state index contributed by atoms with van der Waals surface area (Å²) in [6.07, 6.45) is 0.403. The third kappa shape index (κ3) is 4.49. The number of nitrogens with zero attached hydrogens (tertiary/aromatic N) is 3. The highest BCUT2D eigenvalue weighted by atomic mass is 35.5. The molecule has 150 valence electrons. The number of halogens is 2. The van der Waals surface area contributed by atoms with Crippen LogP contribution < -0.4 is 5.32 Å². The second kappa shape index (κ2) is 8.76. The molecule has 0 unspecified atom stereocenters. The van der Waals surface area contributed by atoms with Crippen molar-refractivity contribution in [1.82, 2.24) is 15.0 Å². The molecule has 0 aliphatic heterocycles. The van der Waals surface area contributed by atoms with Crippen molar-refractivity contribution in [3.63, 3.8) is 0 Å². The third-order valence-corrected chi connectivity index (χ3v) is 5.46. The Hall–Kier alpha value is -2.70. The number of nitrogens with one attached hydrogen (secondary N) is 1. The Morgan fingerprint density at radius 3 is 2.55 bits per heavy atom. The predicted molar refractivity (Wildman–Crippen MR) is 114 cm³/mol. The van der Waals surface area contributed by atoms with Crippen molar-refractivity contribution in [3.05, 3.63) is 74.5 Å². The number of rotatable bonds is 6. The van der Waals surface area contributed by atoms with Crippen LogP contribution in [0.15, 0.2) is 36.4 Å². The molecule has 0 spiro atoms. The Labute approximate surface area is 178 Å². The van der Waals surface area contributed by atoms with E-state index < -0.39 is 0 Å². The van der Waals surface area contributed by atoms with Crippen LogP contribution >= 0.6 is 23.2 Å². The zero-order valence-electron chi connectivity index (χ0n) is 16.3. The smallest absolute Gasteiger partial charge is 0.278 e. The van der Waals surface area contributed by atoms with Crippen molar-refractivity contribution in [2.45, 2.75) is 33.7 Å². The van der Waals surface area contributed by atoms with Crippen molar-refractivity contribution in [2.24, 2.45) is 0 Å². The van der Waals surface area contributed by atoms with E-state index in [1.54, 1.807) is 41.9 Å². The molecule has 0 saturated heterocycles. The van der Waals surface area contributed by atoms with E-state index in [2.05, 4.69) is 15.6 Å². The van der Waals surface area contributed by atoms with Gasteiger partial charge in [0.05, 0.1) is 22.3 Å². The van der Waals surface area contributed by atoms with Crippen LogP contribution in [0.3, 0.4) is 0 Å². The Kier molecular flexibility index (Phi) is 6.35. The molecule has 0 fully saturated rings. The average Bonchev–Trinajstić information content (AvgIpc) is 3.06. The maximum Gasteiger partial charge on any atom is 0.278 e. The van der Waals surface area contributed by atoms with Crippen molar-refractivity contribution < 1.29 is 9.59 Å². The Balaban J connectivity index is 1.81. The molecular weight excluding hydrogens is 411 g/mol. The first kappa shape index (κ1) is 21.0. The molecule has 3 aromatic rings. The van der Waals surface area contributed by atoms with Gasteiger partial charge >= 0.3 is 0 Å². The highest BCUT2D eigenvalue weighted by molar-refractivity contribution is 6.42.